The average molecular weight is 390 g/mol. The number of sulfonamides is 1. The largest absolute Gasteiger partial charge is 0.369 e. The fourth-order valence-corrected chi connectivity index (χ4v) is 4.21. The number of rotatable bonds is 3. The van der Waals surface area contributed by atoms with E-state index in [0.29, 0.717) is 36.7 Å². The summed E-state index contributed by atoms with van der Waals surface area (Å²) < 4.78 is 23.0. The van der Waals surface area contributed by atoms with E-state index in [-0.39, 0.29) is 16.4 Å². The van der Waals surface area contributed by atoms with E-state index >= 15 is 0 Å². The van der Waals surface area contributed by atoms with Crippen LogP contribution >= 0.6 is 11.3 Å². The Morgan fingerprint density at radius 3 is 2.65 bits per heavy atom. The molecule has 2 N–H and O–H groups in total. The summed E-state index contributed by atoms with van der Waals surface area (Å²) in [7, 11) is -3.86. The number of hydrogen-bond donors (Lipinski definition) is 1. The van der Waals surface area contributed by atoms with Crippen molar-refractivity contribution in [2.75, 3.05) is 31.1 Å². The molecule has 3 rings (SSSR count). The Balaban J connectivity index is 1.79. The number of thiophene rings is 1. The molecule has 136 valence electrons. The lowest BCUT2D eigenvalue weighted by molar-refractivity contribution is 0.0772. The van der Waals surface area contributed by atoms with Gasteiger partial charge in [-0.25, -0.2) is 13.6 Å². The second kappa shape index (κ2) is 7.45. The second-order valence-electron chi connectivity index (χ2n) is 5.95. The molecule has 0 unspecified atom stereocenters. The molecule has 1 aromatic heterocycles. The van der Waals surface area contributed by atoms with Gasteiger partial charge in [-0.15, -0.1) is 11.3 Å². The Labute approximate surface area is 156 Å². The van der Waals surface area contributed by atoms with Crippen molar-refractivity contribution in [3.8, 4) is 6.07 Å². The van der Waals surface area contributed by atoms with Crippen LogP contribution in [0.15, 0.2) is 40.6 Å². The van der Waals surface area contributed by atoms with E-state index in [0.717, 1.165) is 6.42 Å². The van der Waals surface area contributed by atoms with Gasteiger partial charge in [0.1, 0.15) is 6.07 Å². The van der Waals surface area contributed by atoms with Gasteiger partial charge in [-0.2, -0.15) is 5.26 Å². The summed E-state index contributed by atoms with van der Waals surface area (Å²) in [5.41, 5.74) is 0.917. The quantitative estimate of drug-likeness (QED) is 0.857. The summed E-state index contributed by atoms with van der Waals surface area (Å²) in [6.45, 7) is 2.43. The van der Waals surface area contributed by atoms with E-state index in [1.54, 1.807) is 6.07 Å². The summed E-state index contributed by atoms with van der Waals surface area (Å²) >= 11 is 1.42. The van der Waals surface area contributed by atoms with Crippen LogP contribution in [0.2, 0.25) is 0 Å². The molecule has 2 aromatic rings. The van der Waals surface area contributed by atoms with Crippen LogP contribution in [-0.2, 0) is 10.0 Å². The third-order valence-electron chi connectivity index (χ3n) is 4.27. The van der Waals surface area contributed by atoms with Crippen molar-refractivity contribution in [2.24, 2.45) is 5.14 Å². The van der Waals surface area contributed by atoms with E-state index < -0.39 is 10.0 Å². The molecular formula is C17H18N4O3S2. The Hall–Kier alpha value is -2.41. The van der Waals surface area contributed by atoms with Crippen LogP contribution < -0.4 is 10.0 Å². The third-order valence-corrected chi connectivity index (χ3v) is 6.04. The molecule has 1 aromatic carbocycles. The lowest BCUT2D eigenvalue weighted by Gasteiger charge is -2.24. The number of hydrogen-bond acceptors (Lipinski definition) is 6. The molecule has 0 radical (unpaired) electrons. The van der Waals surface area contributed by atoms with E-state index in [1.165, 1.54) is 23.5 Å². The maximum Gasteiger partial charge on any atom is 0.263 e. The molecule has 0 aliphatic carbocycles. The van der Waals surface area contributed by atoms with Crippen LogP contribution in [0.5, 0.6) is 0 Å². The first kappa shape index (κ1) is 18.4. The molecule has 26 heavy (non-hydrogen) atoms. The minimum absolute atomic E-state index is 0.0203. The number of nitrogens with two attached hydrogens (primary N) is 1. The van der Waals surface area contributed by atoms with Crippen molar-refractivity contribution in [1.29, 1.82) is 5.26 Å². The van der Waals surface area contributed by atoms with E-state index in [9.17, 15) is 18.5 Å². The highest BCUT2D eigenvalue weighted by Crippen LogP contribution is 2.25. The fourth-order valence-electron chi connectivity index (χ4n) is 2.97. The van der Waals surface area contributed by atoms with Crippen molar-refractivity contribution >= 4 is 33.0 Å². The van der Waals surface area contributed by atoms with Crippen molar-refractivity contribution in [3.05, 3.63) is 46.2 Å². The Morgan fingerprint density at radius 1 is 1.19 bits per heavy atom. The van der Waals surface area contributed by atoms with Gasteiger partial charge in [0.05, 0.1) is 21.0 Å². The number of nitriles is 1. The number of primary sulfonamides is 1. The van der Waals surface area contributed by atoms with Crippen molar-refractivity contribution in [1.82, 2.24) is 4.90 Å². The van der Waals surface area contributed by atoms with Crippen LogP contribution in [-0.4, -0.2) is 45.4 Å². The van der Waals surface area contributed by atoms with Crippen LogP contribution in [0.3, 0.4) is 0 Å². The number of benzene rings is 1. The maximum absolute atomic E-state index is 12.5. The highest BCUT2D eigenvalue weighted by Gasteiger charge is 2.23. The van der Waals surface area contributed by atoms with E-state index in [4.69, 9.17) is 5.14 Å². The first-order valence-corrected chi connectivity index (χ1v) is 10.5. The summed E-state index contributed by atoms with van der Waals surface area (Å²) in [4.78, 5) is 17.0. The lowest BCUT2D eigenvalue weighted by Crippen LogP contribution is -2.35. The molecule has 1 aliphatic heterocycles. The number of nitrogens with zero attached hydrogens (tertiary/aromatic N) is 3. The Kier molecular flexibility index (Phi) is 5.27. The van der Waals surface area contributed by atoms with Crippen LogP contribution in [0, 0.1) is 11.3 Å². The van der Waals surface area contributed by atoms with Gasteiger partial charge in [-0.3, -0.25) is 4.79 Å². The zero-order valence-electron chi connectivity index (χ0n) is 14.0. The maximum atomic E-state index is 12.5. The Bertz CT molecular complexity index is 949. The lowest BCUT2D eigenvalue weighted by atomic mass is 10.1. The van der Waals surface area contributed by atoms with Gasteiger partial charge in [-0.1, -0.05) is 6.07 Å². The average Bonchev–Trinajstić information content (AvgIpc) is 3.04. The third kappa shape index (κ3) is 3.88. The molecule has 7 nitrogen and oxygen atoms in total. The predicted molar refractivity (Wildman–Crippen MR) is 99.6 cm³/mol. The smallest absolute Gasteiger partial charge is 0.263 e. The van der Waals surface area contributed by atoms with Crippen LogP contribution in [0.4, 0.5) is 5.69 Å². The topological polar surface area (TPSA) is 107 Å². The van der Waals surface area contributed by atoms with Crippen LogP contribution in [0.1, 0.15) is 21.7 Å². The van der Waals surface area contributed by atoms with Crippen molar-refractivity contribution in [2.45, 2.75) is 11.3 Å². The van der Waals surface area contributed by atoms with Crippen molar-refractivity contribution < 1.29 is 13.2 Å². The van der Waals surface area contributed by atoms with Gasteiger partial charge in [0.2, 0.25) is 10.0 Å². The normalized spacial score (nSPS) is 15.4. The summed E-state index contributed by atoms with van der Waals surface area (Å²) in [5.74, 6) is 0.0203. The van der Waals surface area contributed by atoms with Gasteiger partial charge < -0.3 is 9.80 Å². The van der Waals surface area contributed by atoms with E-state index in [2.05, 4.69) is 0 Å². The van der Waals surface area contributed by atoms with Crippen LogP contribution in [0.25, 0.3) is 0 Å². The molecule has 2 heterocycles. The molecule has 1 amide bonds. The summed E-state index contributed by atoms with van der Waals surface area (Å²) in [6, 6.07) is 10.0. The molecule has 0 saturated carbocycles. The number of amides is 1. The monoisotopic (exact) mass is 390 g/mol. The second-order valence-corrected chi connectivity index (χ2v) is 8.45. The van der Waals surface area contributed by atoms with Gasteiger partial charge >= 0.3 is 0 Å². The minimum Gasteiger partial charge on any atom is -0.369 e. The van der Waals surface area contributed by atoms with Gasteiger partial charge in [-0.05, 0) is 36.1 Å². The van der Waals surface area contributed by atoms with Gasteiger partial charge in [0.25, 0.3) is 5.91 Å². The Morgan fingerprint density at radius 2 is 2.00 bits per heavy atom. The van der Waals surface area contributed by atoms with Gasteiger partial charge in [0.15, 0.2) is 0 Å². The number of carbonyl (C=O) groups is 1. The standard InChI is InChI=1S/C17H18N4O3S2/c18-12-13-11-14(26(19,23)24)4-5-15(13)20-6-2-7-21(9-8-20)17(22)16-3-1-10-25-16/h1,3-5,10-11H,2,6-9H2,(H2,19,23,24). The fraction of sp³-hybridized carbons (Fsp3) is 0.294. The van der Waals surface area contributed by atoms with Gasteiger partial charge in [0, 0.05) is 26.2 Å². The molecule has 1 aliphatic rings. The zero-order chi connectivity index (χ0) is 18.7. The highest BCUT2D eigenvalue weighted by atomic mass is 32.2. The first-order valence-electron chi connectivity index (χ1n) is 8.05. The number of carbonyl (C=O) groups excluding carboxylic acids is 1. The number of anilines is 1. The molecule has 0 atom stereocenters. The first-order chi connectivity index (χ1) is 12.4. The zero-order valence-corrected chi connectivity index (χ0v) is 15.6. The molecule has 1 saturated heterocycles. The minimum atomic E-state index is -3.86. The van der Waals surface area contributed by atoms with Crippen molar-refractivity contribution in [3.63, 3.8) is 0 Å². The van der Waals surface area contributed by atoms with E-state index in [1.807, 2.05) is 33.4 Å². The molecule has 0 bridgehead atoms. The highest BCUT2D eigenvalue weighted by molar-refractivity contribution is 7.89. The predicted octanol–water partition coefficient (Wildman–Crippen LogP) is 1.62. The SMILES string of the molecule is N#Cc1cc(S(N)(=O)=O)ccc1N1CCCN(C(=O)c2cccs2)CC1. The summed E-state index contributed by atoms with van der Waals surface area (Å²) in [5, 5.41) is 16.4. The molecule has 9 heteroatoms. The molecule has 1 fully saturated rings. The molecular weight excluding hydrogens is 372 g/mol. The summed E-state index contributed by atoms with van der Waals surface area (Å²) in [6.07, 6.45) is 0.763. The molecule has 0 spiro atoms.